The van der Waals surface area contributed by atoms with E-state index >= 15 is 0 Å². The van der Waals surface area contributed by atoms with Crippen LogP contribution in [0.4, 0.5) is 5.69 Å². The number of hydrogen-bond acceptors (Lipinski definition) is 4. The van der Waals surface area contributed by atoms with Crippen LogP contribution in [0.1, 0.15) is 5.56 Å². The number of rotatable bonds is 7. The summed E-state index contributed by atoms with van der Waals surface area (Å²) < 4.78 is 10.8. The van der Waals surface area contributed by atoms with Crippen molar-refractivity contribution < 1.29 is 14.3 Å². The van der Waals surface area contributed by atoms with E-state index in [0.29, 0.717) is 28.8 Å². The number of methoxy groups -OCH3 is 1. The van der Waals surface area contributed by atoms with E-state index in [1.165, 1.54) is 0 Å². The van der Waals surface area contributed by atoms with E-state index in [4.69, 9.17) is 26.8 Å². The van der Waals surface area contributed by atoms with Gasteiger partial charge in [0.25, 0.3) is 5.91 Å². The van der Waals surface area contributed by atoms with Gasteiger partial charge in [-0.15, -0.1) is 0 Å². The van der Waals surface area contributed by atoms with Crippen LogP contribution in [0.3, 0.4) is 0 Å². The molecule has 2 aromatic carbocycles. The molecule has 5 nitrogen and oxygen atoms in total. The number of carbonyl (C=O) groups is 1. The Labute approximate surface area is 140 Å². The summed E-state index contributed by atoms with van der Waals surface area (Å²) in [5.41, 5.74) is 7.14. The Hall–Kier alpha value is -2.24. The van der Waals surface area contributed by atoms with Crippen LogP contribution in [0.25, 0.3) is 0 Å². The Morgan fingerprint density at radius 3 is 2.70 bits per heavy atom. The van der Waals surface area contributed by atoms with Crippen LogP contribution in [0.15, 0.2) is 42.5 Å². The van der Waals surface area contributed by atoms with Gasteiger partial charge in [-0.1, -0.05) is 29.8 Å². The first-order valence-electron chi connectivity index (χ1n) is 7.18. The maximum atomic E-state index is 12.0. The molecule has 0 spiro atoms. The molecule has 0 aromatic heterocycles. The van der Waals surface area contributed by atoms with Crippen molar-refractivity contribution in [1.82, 2.24) is 0 Å². The Morgan fingerprint density at radius 2 is 2.00 bits per heavy atom. The number of nitrogens with two attached hydrogens (primary N) is 1. The van der Waals surface area contributed by atoms with Gasteiger partial charge in [0.05, 0.1) is 17.8 Å². The van der Waals surface area contributed by atoms with Gasteiger partial charge in [0, 0.05) is 0 Å². The topological polar surface area (TPSA) is 73.6 Å². The van der Waals surface area contributed by atoms with E-state index in [-0.39, 0.29) is 12.5 Å². The van der Waals surface area contributed by atoms with Crippen molar-refractivity contribution in [3.05, 3.63) is 53.1 Å². The lowest BCUT2D eigenvalue weighted by Gasteiger charge is -2.12. The SMILES string of the molecule is COc1cc(CCN)ccc1OCC(=O)Nc1ccccc1Cl. The molecule has 0 aliphatic carbocycles. The number of benzene rings is 2. The summed E-state index contributed by atoms with van der Waals surface area (Å²) in [5, 5.41) is 3.17. The van der Waals surface area contributed by atoms with Crippen LogP contribution in [-0.4, -0.2) is 26.2 Å². The number of hydrogen-bond donors (Lipinski definition) is 2. The highest BCUT2D eigenvalue weighted by Gasteiger charge is 2.10. The van der Waals surface area contributed by atoms with E-state index in [1.807, 2.05) is 12.1 Å². The molecule has 3 N–H and O–H groups in total. The molecule has 0 unspecified atom stereocenters. The highest BCUT2D eigenvalue weighted by Crippen LogP contribution is 2.28. The number of nitrogens with one attached hydrogen (secondary N) is 1. The summed E-state index contributed by atoms with van der Waals surface area (Å²) in [6.07, 6.45) is 0.754. The molecule has 0 heterocycles. The monoisotopic (exact) mass is 334 g/mol. The van der Waals surface area contributed by atoms with Crippen molar-refractivity contribution in [2.45, 2.75) is 6.42 Å². The molecule has 6 heteroatoms. The van der Waals surface area contributed by atoms with Crippen molar-refractivity contribution in [2.24, 2.45) is 5.73 Å². The molecule has 0 saturated carbocycles. The minimum atomic E-state index is -0.300. The molecule has 2 rings (SSSR count). The van der Waals surface area contributed by atoms with E-state index < -0.39 is 0 Å². The second kappa shape index (κ2) is 8.41. The predicted molar refractivity (Wildman–Crippen MR) is 91.3 cm³/mol. The Balaban J connectivity index is 1.97. The van der Waals surface area contributed by atoms with Crippen LogP contribution in [-0.2, 0) is 11.2 Å². The standard InChI is InChI=1S/C17H19ClN2O3/c1-22-16-10-12(8-9-19)6-7-15(16)23-11-17(21)20-14-5-3-2-4-13(14)18/h2-7,10H,8-9,11,19H2,1H3,(H,20,21). The smallest absolute Gasteiger partial charge is 0.262 e. The van der Waals surface area contributed by atoms with E-state index in [9.17, 15) is 4.79 Å². The van der Waals surface area contributed by atoms with Gasteiger partial charge in [0.15, 0.2) is 18.1 Å². The highest BCUT2D eigenvalue weighted by molar-refractivity contribution is 6.33. The minimum Gasteiger partial charge on any atom is -0.493 e. The first-order chi connectivity index (χ1) is 11.1. The lowest BCUT2D eigenvalue weighted by Crippen LogP contribution is -2.20. The fourth-order valence-corrected chi connectivity index (χ4v) is 2.23. The second-order valence-electron chi connectivity index (χ2n) is 4.84. The average molecular weight is 335 g/mol. The number of halogens is 1. The molecule has 122 valence electrons. The average Bonchev–Trinajstić information content (AvgIpc) is 2.56. The lowest BCUT2D eigenvalue weighted by molar-refractivity contribution is -0.118. The van der Waals surface area contributed by atoms with Crippen LogP contribution in [0, 0.1) is 0 Å². The van der Waals surface area contributed by atoms with Gasteiger partial charge in [-0.05, 0) is 42.8 Å². The molecule has 23 heavy (non-hydrogen) atoms. The lowest BCUT2D eigenvalue weighted by atomic mass is 10.1. The molecule has 0 aliphatic heterocycles. The third-order valence-corrected chi connectivity index (χ3v) is 3.50. The number of carbonyl (C=O) groups excluding carboxylic acids is 1. The molecule has 0 radical (unpaired) electrons. The van der Waals surface area contributed by atoms with Crippen molar-refractivity contribution in [2.75, 3.05) is 25.6 Å². The summed E-state index contributed by atoms with van der Waals surface area (Å²) in [6, 6.07) is 12.5. The molecule has 0 aliphatic rings. The van der Waals surface area contributed by atoms with Gasteiger partial charge >= 0.3 is 0 Å². The third-order valence-electron chi connectivity index (χ3n) is 3.17. The maximum absolute atomic E-state index is 12.0. The zero-order valence-corrected chi connectivity index (χ0v) is 13.6. The summed E-state index contributed by atoms with van der Waals surface area (Å²) in [7, 11) is 1.55. The summed E-state index contributed by atoms with van der Waals surface area (Å²) >= 11 is 5.99. The van der Waals surface area contributed by atoms with E-state index in [2.05, 4.69) is 5.32 Å². The summed E-state index contributed by atoms with van der Waals surface area (Å²) in [6.45, 7) is 0.418. The first kappa shape index (κ1) is 17.1. The minimum absolute atomic E-state index is 0.141. The molecule has 0 saturated heterocycles. The zero-order chi connectivity index (χ0) is 16.7. The zero-order valence-electron chi connectivity index (χ0n) is 12.8. The quantitative estimate of drug-likeness (QED) is 0.816. The molecule has 0 fully saturated rings. The Kier molecular flexibility index (Phi) is 6.26. The van der Waals surface area contributed by atoms with Crippen LogP contribution >= 0.6 is 11.6 Å². The van der Waals surface area contributed by atoms with Gasteiger partial charge in [-0.2, -0.15) is 0 Å². The number of para-hydroxylation sites is 1. The Morgan fingerprint density at radius 1 is 1.22 bits per heavy atom. The highest BCUT2D eigenvalue weighted by atomic mass is 35.5. The number of anilines is 1. The van der Waals surface area contributed by atoms with Gasteiger partial charge in [0.1, 0.15) is 0 Å². The fraction of sp³-hybridized carbons (Fsp3) is 0.235. The first-order valence-corrected chi connectivity index (χ1v) is 7.56. The van der Waals surface area contributed by atoms with Crippen LogP contribution in [0.2, 0.25) is 5.02 Å². The molecular formula is C17H19ClN2O3. The molecule has 0 atom stereocenters. The summed E-state index contributed by atoms with van der Waals surface area (Å²) in [5.74, 6) is 0.773. The van der Waals surface area contributed by atoms with Crippen molar-refractivity contribution >= 4 is 23.2 Å². The maximum Gasteiger partial charge on any atom is 0.262 e. The summed E-state index contributed by atoms with van der Waals surface area (Å²) in [4.78, 5) is 12.0. The third kappa shape index (κ3) is 4.87. The van der Waals surface area contributed by atoms with Crippen LogP contribution < -0.4 is 20.5 Å². The van der Waals surface area contributed by atoms with Gasteiger partial charge < -0.3 is 20.5 Å². The van der Waals surface area contributed by atoms with Gasteiger partial charge in [-0.3, -0.25) is 4.79 Å². The largest absolute Gasteiger partial charge is 0.493 e. The van der Waals surface area contributed by atoms with Crippen LogP contribution in [0.5, 0.6) is 11.5 Å². The predicted octanol–water partition coefficient (Wildman–Crippen LogP) is 2.87. The van der Waals surface area contributed by atoms with Gasteiger partial charge in [0.2, 0.25) is 0 Å². The van der Waals surface area contributed by atoms with Crippen molar-refractivity contribution in [3.8, 4) is 11.5 Å². The fourth-order valence-electron chi connectivity index (χ4n) is 2.05. The number of ether oxygens (including phenoxy) is 2. The second-order valence-corrected chi connectivity index (χ2v) is 5.25. The van der Waals surface area contributed by atoms with Crippen molar-refractivity contribution in [3.63, 3.8) is 0 Å². The van der Waals surface area contributed by atoms with E-state index in [1.54, 1.807) is 37.4 Å². The Bertz CT molecular complexity index is 677. The normalized spacial score (nSPS) is 10.2. The number of amides is 1. The molecule has 1 amide bonds. The molecule has 0 bridgehead atoms. The van der Waals surface area contributed by atoms with Crippen molar-refractivity contribution in [1.29, 1.82) is 0 Å². The molecule has 2 aromatic rings. The van der Waals surface area contributed by atoms with E-state index in [0.717, 1.165) is 12.0 Å². The molecular weight excluding hydrogens is 316 g/mol. The van der Waals surface area contributed by atoms with Gasteiger partial charge in [-0.25, -0.2) is 0 Å².